The second-order valence-corrected chi connectivity index (χ2v) is 4.82. The molecule has 0 aromatic carbocycles. The van der Waals surface area contributed by atoms with Gasteiger partial charge >= 0.3 is 5.97 Å². The van der Waals surface area contributed by atoms with Gasteiger partial charge in [-0.15, -0.1) is 11.3 Å². The molecule has 0 aliphatic heterocycles. The number of hydrogen-bond donors (Lipinski definition) is 0. The molecule has 6 heteroatoms. The van der Waals surface area contributed by atoms with E-state index in [2.05, 4.69) is 4.98 Å². The number of Topliss-reactive ketones (excluding diaryl/α,β-unsaturated/α-hetero) is 1. The molecule has 2 aromatic rings. The van der Waals surface area contributed by atoms with Crippen molar-refractivity contribution < 1.29 is 14.3 Å². The van der Waals surface area contributed by atoms with Crippen LogP contribution in [0.2, 0.25) is 0 Å². The van der Waals surface area contributed by atoms with Gasteiger partial charge in [-0.05, 0) is 18.4 Å². The van der Waals surface area contributed by atoms with Gasteiger partial charge in [-0.2, -0.15) is 0 Å². The number of nitrogens with zero attached hydrogens (tertiary/aromatic N) is 2. The SMILES string of the molecule is CCOC(=O)CC(=O)Cn1ccnc1-c1cccs1. The topological polar surface area (TPSA) is 61.2 Å². The van der Waals surface area contributed by atoms with Gasteiger partial charge in [-0.1, -0.05) is 6.07 Å². The van der Waals surface area contributed by atoms with Crippen LogP contribution in [0.25, 0.3) is 10.7 Å². The second-order valence-electron chi connectivity index (χ2n) is 3.88. The van der Waals surface area contributed by atoms with Gasteiger partial charge in [0.25, 0.3) is 0 Å². The normalized spacial score (nSPS) is 10.4. The van der Waals surface area contributed by atoms with Gasteiger partial charge in [0.05, 0.1) is 18.0 Å². The molecule has 5 nitrogen and oxygen atoms in total. The van der Waals surface area contributed by atoms with Crippen LogP contribution in [0.5, 0.6) is 0 Å². The molecule has 2 heterocycles. The Bertz CT molecular complexity index is 560. The van der Waals surface area contributed by atoms with Gasteiger partial charge in [-0.25, -0.2) is 4.98 Å². The van der Waals surface area contributed by atoms with Crippen molar-refractivity contribution in [2.75, 3.05) is 6.61 Å². The molecule has 0 unspecified atom stereocenters. The predicted octanol–water partition coefficient (Wildman–Crippen LogP) is 2.13. The average Bonchev–Trinajstić information content (AvgIpc) is 2.98. The van der Waals surface area contributed by atoms with Gasteiger partial charge in [0.2, 0.25) is 0 Å². The van der Waals surface area contributed by atoms with Gasteiger partial charge in [-0.3, -0.25) is 9.59 Å². The van der Waals surface area contributed by atoms with E-state index in [9.17, 15) is 9.59 Å². The van der Waals surface area contributed by atoms with E-state index in [-0.39, 0.29) is 25.4 Å². The zero-order chi connectivity index (χ0) is 13.7. The molecule has 0 N–H and O–H groups in total. The van der Waals surface area contributed by atoms with E-state index in [1.807, 2.05) is 17.5 Å². The lowest BCUT2D eigenvalue weighted by molar-refractivity contribution is -0.145. The van der Waals surface area contributed by atoms with Crippen LogP contribution in [-0.4, -0.2) is 27.9 Å². The van der Waals surface area contributed by atoms with Crippen molar-refractivity contribution >= 4 is 23.1 Å². The van der Waals surface area contributed by atoms with E-state index >= 15 is 0 Å². The van der Waals surface area contributed by atoms with Gasteiger partial charge in [0, 0.05) is 12.4 Å². The monoisotopic (exact) mass is 278 g/mol. The lowest BCUT2D eigenvalue weighted by atomic mass is 10.3. The third-order valence-corrected chi connectivity index (χ3v) is 3.32. The Balaban J connectivity index is 2.02. The number of aromatic nitrogens is 2. The van der Waals surface area contributed by atoms with Crippen molar-refractivity contribution in [1.29, 1.82) is 0 Å². The summed E-state index contributed by atoms with van der Waals surface area (Å²) in [6.07, 6.45) is 3.18. The molecule has 0 saturated carbocycles. The van der Waals surface area contributed by atoms with Crippen molar-refractivity contribution in [3.05, 3.63) is 29.9 Å². The highest BCUT2D eigenvalue weighted by atomic mass is 32.1. The summed E-state index contributed by atoms with van der Waals surface area (Å²) >= 11 is 1.56. The largest absolute Gasteiger partial charge is 0.466 e. The van der Waals surface area contributed by atoms with Crippen LogP contribution in [0.1, 0.15) is 13.3 Å². The minimum absolute atomic E-state index is 0.131. The lowest BCUT2D eigenvalue weighted by Crippen LogP contribution is -2.16. The summed E-state index contributed by atoms with van der Waals surface area (Å²) in [6.45, 7) is 2.14. The molecular weight excluding hydrogens is 264 g/mol. The van der Waals surface area contributed by atoms with Crippen LogP contribution in [0.15, 0.2) is 29.9 Å². The Morgan fingerprint density at radius 3 is 3.00 bits per heavy atom. The molecule has 2 aromatic heterocycles. The number of carbonyl (C=O) groups excluding carboxylic acids is 2. The molecule has 0 radical (unpaired) electrons. The molecule has 19 heavy (non-hydrogen) atoms. The molecule has 0 spiro atoms. The molecule has 0 fully saturated rings. The molecule has 0 aliphatic carbocycles. The number of esters is 1. The second kappa shape index (κ2) is 6.29. The fraction of sp³-hybridized carbons (Fsp3) is 0.308. The van der Waals surface area contributed by atoms with Crippen LogP contribution >= 0.6 is 11.3 Å². The summed E-state index contributed by atoms with van der Waals surface area (Å²) in [6, 6.07) is 3.87. The first-order valence-corrected chi connectivity index (χ1v) is 6.81. The zero-order valence-electron chi connectivity index (χ0n) is 10.5. The first kappa shape index (κ1) is 13.5. The summed E-state index contributed by atoms with van der Waals surface area (Å²) in [4.78, 5) is 28.2. The number of imidazole rings is 1. The Labute approximate surface area is 114 Å². The molecule has 0 saturated heterocycles. The van der Waals surface area contributed by atoms with Crippen LogP contribution in [0, 0.1) is 0 Å². The standard InChI is InChI=1S/C13H14N2O3S/c1-2-18-12(17)8-10(16)9-15-6-5-14-13(15)11-4-3-7-19-11/h3-7H,2,8-9H2,1H3. The van der Waals surface area contributed by atoms with E-state index in [1.54, 1.807) is 35.2 Å². The Hall–Kier alpha value is -1.95. The van der Waals surface area contributed by atoms with Crippen LogP contribution < -0.4 is 0 Å². The quantitative estimate of drug-likeness (QED) is 0.600. The number of ether oxygens (including phenoxy) is 1. The number of ketones is 1. The number of carbonyl (C=O) groups is 2. The minimum atomic E-state index is -0.481. The average molecular weight is 278 g/mol. The maximum absolute atomic E-state index is 11.8. The van der Waals surface area contributed by atoms with E-state index < -0.39 is 5.97 Å². The number of rotatable bonds is 6. The molecule has 2 rings (SSSR count). The van der Waals surface area contributed by atoms with Crippen LogP contribution in [0.3, 0.4) is 0 Å². The summed E-state index contributed by atoms with van der Waals surface area (Å²) in [5.41, 5.74) is 0. The summed E-state index contributed by atoms with van der Waals surface area (Å²) in [5, 5.41) is 1.95. The lowest BCUT2D eigenvalue weighted by Gasteiger charge is -2.05. The van der Waals surface area contributed by atoms with Crippen molar-refractivity contribution in [2.24, 2.45) is 0 Å². The molecule has 0 atom stereocenters. The molecule has 0 amide bonds. The fourth-order valence-corrected chi connectivity index (χ4v) is 2.42. The van der Waals surface area contributed by atoms with Crippen LogP contribution in [-0.2, 0) is 20.9 Å². The van der Waals surface area contributed by atoms with E-state index in [1.165, 1.54) is 0 Å². The van der Waals surface area contributed by atoms with Crippen molar-refractivity contribution in [3.63, 3.8) is 0 Å². The fourth-order valence-electron chi connectivity index (χ4n) is 1.69. The summed E-state index contributed by atoms with van der Waals surface area (Å²) < 4.78 is 6.50. The van der Waals surface area contributed by atoms with Gasteiger partial charge < -0.3 is 9.30 Å². The smallest absolute Gasteiger partial charge is 0.313 e. The number of thiophene rings is 1. The summed E-state index contributed by atoms with van der Waals surface area (Å²) in [5.74, 6) is 0.0757. The highest BCUT2D eigenvalue weighted by Gasteiger charge is 2.14. The van der Waals surface area contributed by atoms with Crippen molar-refractivity contribution in [3.8, 4) is 10.7 Å². The first-order chi connectivity index (χ1) is 9.20. The molecular formula is C13H14N2O3S. The van der Waals surface area contributed by atoms with Gasteiger partial charge in [0.1, 0.15) is 12.2 Å². The molecule has 100 valence electrons. The Morgan fingerprint density at radius 1 is 1.47 bits per heavy atom. The maximum Gasteiger partial charge on any atom is 0.313 e. The van der Waals surface area contributed by atoms with Crippen LogP contribution in [0.4, 0.5) is 0 Å². The van der Waals surface area contributed by atoms with E-state index in [0.29, 0.717) is 0 Å². The Kier molecular flexibility index (Phi) is 4.46. The van der Waals surface area contributed by atoms with Crippen molar-refractivity contribution in [1.82, 2.24) is 9.55 Å². The highest BCUT2D eigenvalue weighted by Crippen LogP contribution is 2.22. The minimum Gasteiger partial charge on any atom is -0.466 e. The first-order valence-electron chi connectivity index (χ1n) is 5.93. The van der Waals surface area contributed by atoms with E-state index in [4.69, 9.17) is 4.74 Å². The molecule has 0 bridgehead atoms. The summed E-state index contributed by atoms with van der Waals surface area (Å²) in [7, 11) is 0. The predicted molar refractivity (Wildman–Crippen MR) is 71.8 cm³/mol. The number of hydrogen-bond acceptors (Lipinski definition) is 5. The van der Waals surface area contributed by atoms with Gasteiger partial charge in [0.15, 0.2) is 5.78 Å². The van der Waals surface area contributed by atoms with E-state index in [0.717, 1.165) is 10.7 Å². The Morgan fingerprint density at radius 2 is 2.32 bits per heavy atom. The molecule has 0 aliphatic rings. The zero-order valence-corrected chi connectivity index (χ0v) is 11.4. The maximum atomic E-state index is 11.8. The van der Waals surface area contributed by atoms with Crippen molar-refractivity contribution in [2.45, 2.75) is 19.9 Å². The third-order valence-electron chi connectivity index (χ3n) is 2.45. The third kappa shape index (κ3) is 3.51. The highest BCUT2D eigenvalue weighted by molar-refractivity contribution is 7.13.